The van der Waals surface area contributed by atoms with E-state index < -0.39 is 17.8 Å². The maximum atomic E-state index is 14.5. The smallest absolute Gasteiger partial charge is 0.316 e. The van der Waals surface area contributed by atoms with E-state index in [1.165, 1.54) is 43.5 Å². The molecule has 0 amide bonds. The molecule has 1 saturated carbocycles. The Morgan fingerprint density at radius 1 is 0.848 bits per heavy atom. The quantitative estimate of drug-likeness (QED) is 0.265. The molecule has 0 aliphatic heterocycles. The van der Waals surface area contributed by atoms with Gasteiger partial charge in [-0.2, -0.15) is 22.0 Å². The monoisotopic (exact) mass is 466 g/mol. The number of hydrogen-bond acceptors (Lipinski definition) is 1. The Bertz CT molecular complexity index is 876. The summed E-state index contributed by atoms with van der Waals surface area (Å²) in [6, 6.07) is 10.9. The largest absolute Gasteiger partial charge is 0.416 e. The number of alkyl halides is 5. The molecule has 1 fully saturated rings. The summed E-state index contributed by atoms with van der Waals surface area (Å²) >= 11 is 0. The van der Waals surface area contributed by atoms with E-state index in [2.05, 4.69) is 12.2 Å². The zero-order valence-corrected chi connectivity index (χ0v) is 18.9. The van der Waals surface area contributed by atoms with E-state index in [0.717, 1.165) is 42.9 Å². The molecule has 0 N–H and O–H groups in total. The van der Waals surface area contributed by atoms with Crippen LogP contribution in [0.1, 0.15) is 73.6 Å². The van der Waals surface area contributed by atoms with Crippen molar-refractivity contribution < 1.29 is 26.7 Å². The maximum Gasteiger partial charge on any atom is 0.416 e. The highest BCUT2D eigenvalue weighted by Gasteiger charge is 2.33. The number of benzene rings is 2. The van der Waals surface area contributed by atoms with Crippen molar-refractivity contribution in [3.05, 3.63) is 82.9 Å². The van der Waals surface area contributed by atoms with Gasteiger partial charge in [0.15, 0.2) is 0 Å². The van der Waals surface area contributed by atoms with Crippen LogP contribution in [0.15, 0.2) is 60.7 Å². The first-order valence-electron chi connectivity index (χ1n) is 11.6. The van der Waals surface area contributed by atoms with Gasteiger partial charge in [-0.25, -0.2) is 0 Å². The van der Waals surface area contributed by atoms with E-state index in [9.17, 15) is 22.0 Å². The molecule has 0 atom stereocenters. The van der Waals surface area contributed by atoms with Gasteiger partial charge in [-0.1, -0.05) is 48.6 Å². The van der Waals surface area contributed by atoms with Crippen molar-refractivity contribution in [1.29, 1.82) is 0 Å². The van der Waals surface area contributed by atoms with E-state index in [4.69, 9.17) is 4.74 Å². The summed E-state index contributed by atoms with van der Waals surface area (Å²) in [5.41, 5.74) is 0.625. The maximum absolute atomic E-state index is 14.5. The first kappa shape index (κ1) is 25.4. The Morgan fingerprint density at radius 3 is 2.03 bits per heavy atom. The zero-order chi connectivity index (χ0) is 23.9. The molecule has 0 spiro atoms. The second kappa shape index (κ2) is 11.3. The predicted molar refractivity (Wildman–Crippen MR) is 120 cm³/mol. The highest BCUT2D eigenvalue weighted by molar-refractivity contribution is 5.28. The van der Waals surface area contributed by atoms with Crippen molar-refractivity contribution in [2.45, 2.75) is 70.1 Å². The van der Waals surface area contributed by atoms with Crippen LogP contribution >= 0.6 is 0 Å². The summed E-state index contributed by atoms with van der Waals surface area (Å²) in [5, 5.41) is 0. The molecule has 0 bridgehead atoms. The molecule has 1 aliphatic rings. The van der Waals surface area contributed by atoms with Gasteiger partial charge in [0.1, 0.15) is 0 Å². The van der Waals surface area contributed by atoms with Crippen molar-refractivity contribution in [3.8, 4) is 0 Å². The summed E-state index contributed by atoms with van der Waals surface area (Å²) in [6.07, 6.45) is 3.37. The topological polar surface area (TPSA) is 9.23 Å². The Hall–Kier alpha value is -2.21. The summed E-state index contributed by atoms with van der Waals surface area (Å²) < 4.78 is 71.6. The molecule has 0 aromatic heterocycles. The van der Waals surface area contributed by atoms with Crippen LogP contribution in [0.3, 0.4) is 0 Å². The predicted octanol–water partition coefficient (Wildman–Crippen LogP) is 8.64. The van der Waals surface area contributed by atoms with Crippen molar-refractivity contribution in [2.24, 2.45) is 5.92 Å². The number of halogens is 5. The van der Waals surface area contributed by atoms with E-state index in [1.807, 2.05) is 6.92 Å². The third kappa shape index (κ3) is 7.39. The van der Waals surface area contributed by atoms with Gasteiger partial charge in [-0.05, 0) is 87.0 Å². The molecule has 2 aromatic carbocycles. The highest BCUT2D eigenvalue weighted by Crippen LogP contribution is 2.39. The second-order valence-corrected chi connectivity index (χ2v) is 8.80. The van der Waals surface area contributed by atoms with Crippen LogP contribution in [-0.2, 0) is 23.4 Å². The van der Waals surface area contributed by atoms with E-state index >= 15 is 0 Å². The number of rotatable bonds is 9. The lowest BCUT2D eigenvalue weighted by molar-refractivity contribution is -0.248. The summed E-state index contributed by atoms with van der Waals surface area (Å²) in [6.45, 7) is 1.74. The highest BCUT2D eigenvalue weighted by atomic mass is 19.4. The van der Waals surface area contributed by atoms with Crippen LogP contribution in [0.5, 0.6) is 0 Å². The lowest BCUT2D eigenvalue weighted by Crippen LogP contribution is -2.20. The van der Waals surface area contributed by atoms with Crippen molar-refractivity contribution in [3.63, 3.8) is 0 Å². The Kier molecular flexibility index (Phi) is 8.69. The molecule has 3 rings (SSSR count). The fraction of sp³-hybridized carbons (Fsp3) is 0.481. The summed E-state index contributed by atoms with van der Waals surface area (Å²) in [4.78, 5) is 0. The van der Waals surface area contributed by atoms with Gasteiger partial charge < -0.3 is 4.74 Å². The van der Waals surface area contributed by atoms with E-state index in [0.29, 0.717) is 11.5 Å². The average Bonchev–Trinajstić information content (AvgIpc) is 2.79. The van der Waals surface area contributed by atoms with Gasteiger partial charge in [0, 0.05) is 0 Å². The van der Waals surface area contributed by atoms with Gasteiger partial charge in [-0.15, -0.1) is 0 Å². The van der Waals surface area contributed by atoms with Gasteiger partial charge in [0.05, 0.1) is 17.7 Å². The summed E-state index contributed by atoms with van der Waals surface area (Å²) in [7, 11) is 0. The third-order valence-corrected chi connectivity index (χ3v) is 6.50. The molecule has 1 aliphatic carbocycles. The lowest BCUT2D eigenvalue weighted by atomic mass is 9.77. The Morgan fingerprint density at radius 2 is 1.45 bits per heavy atom. The molecule has 180 valence electrons. The van der Waals surface area contributed by atoms with Crippen LogP contribution in [0.2, 0.25) is 0 Å². The van der Waals surface area contributed by atoms with Crippen LogP contribution in [0.4, 0.5) is 22.0 Å². The van der Waals surface area contributed by atoms with Crippen LogP contribution in [0, 0.1) is 5.92 Å². The molecule has 0 radical (unpaired) electrons. The Labute approximate surface area is 192 Å². The summed E-state index contributed by atoms with van der Waals surface area (Å²) in [5.74, 6) is 1.16. The normalized spacial score (nSPS) is 19.8. The molecule has 0 saturated heterocycles. The van der Waals surface area contributed by atoms with Crippen molar-refractivity contribution in [2.75, 3.05) is 6.61 Å². The fourth-order valence-corrected chi connectivity index (χ4v) is 4.47. The number of allylic oxidation sites excluding steroid dienone is 2. The lowest BCUT2D eigenvalue weighted by Gasteiger charge is -2.29. The SMILES string of the molecule is CC=CCCC1CCC(c2ccc(C(F)(F)OCCc3ccc(C(F)(F)F)cc3)cc2)CC1. The van der Waals surface area contributed by atoms with Gasteiger partial charge in [0.25, 0.3) is 0 Å². The van der Waals surface area contributed by atoms with Gasteiger partial charge in [0.2, 0.25) is 0 Å². The van der Waals surface area contributed by atoms with E-state index in [1.54, 1.807) is 12.1 Å². The average molecular weight is 467 g/mol. The van der Waals surface area contributed by atoms with E-state index in [-0.39, 0.29) is 18.6 Å². The van der Waals surface area contributed by atoms with Crippen molar-refractivity contribution >= 4 is 0 Å². The number of ether oxygens (including phenoxy) is 1. The minimum absolute atomic E-state index is 0.100. The molecule has 0 unspecified atom stereocenters. The van der Waals surface area contributed by atoms with Gasteiger partial charge in [-0.3, -0.25) is 0 Å². The van der Waals surface area contributed by atoms with Crippen LogP contribution in [-0.4, -0.2) is 6.61 Å². The molecule has 33 heavy (non-hydrogen) atoms. The third-order valence-electron chi connectivity index (χ3n) is 6.50. The minimum atomic E-state index is -4.42. The molecule has 2 aromatic rings. The number of hydrogen-bond donors (Lipinski definition) is 0. The molecule has 0 heterocycles. The molecule has 1 nitrogen and oxygen atoms in total. The van der Waals surface area contributed by atoms with Crippen molar-refractivity contribution in [1.82, 2.24) is 0 Å². The van der Waals surface area contributed by atoms with Gasteiger partial charge >= 0.3 is 12.3 Å². The van der Waals surface area contributed by atoms with Crippen LogP contribution in [0.25, 0.3) is 0 Å². The zero-order valence-electron chi connectivity index (χ0n) is 18.9. The molecular weight excluding hydrogens is 435 g/mol. The first-order valence-corrected chi connectivity index (χ1v) is 11.6. The molecular formula is C27H31F5O. The van der Waals surface area contributed by atoms with Crippen LogP contribution < -0.4 is 0 Å². The minimum Gasteiger partial charge on any atom is -0.316 e. The first-order chi connectivity index (χ1) is 15.7. The molecule has 6 heteroatoms. The Balaban J connectivity index is 1.48. The standard InChI is InChI=1S/C27H31F5O/c1-2-3-4-5-20-6-10-22(11-7-20)23-12-16-25(17-13-23)27(31,32)33-19-18-21-8-14-24(15-9-21)26(28,29)30/h2-3,8-9,12-17,20,22H,4-7,10-11,18-19H2,1H3. The fourth-order valence-electron chi connectivity index (χ4n) is 4.47. The second-order valence-electron chi connectivity index (χ2n) is 8.80.